The topological polar surface area (TPSA) is 69.6 Å². The van der Waals surface area contributed by atoms with Gasteiger partial charge < -0.3 is 15.3 Å². The summed E-state index contributed by atoms with van der Waals surface area (Å²) in [6, 6.07) is 9.58. The second-order valence-corrected chi connectivity index (χ2v) is 5.93. The molecule has 0 aliphatic carbocycles. The van der Waals surface area contributed by atoms with Gasteiger partial charge in [0.2, 0.25) is 0 Å². The minimum absolute atomic E-state index is 0.0634. The second-order valence-electron chi connectivity index (χ2n) is 5.93. The van der Waals surface area contributed by atoms with Crippen molar-refractivity contribution in [3.05, 3.63) is 35.9 Å². The smallest absolute Gasteiger partial charge is 0.317 e. The normalized spacial score (nSPS) is 18.9. The van der Waals surface area contributed by atoms with Gasteiger partial charge in [0.25, 0.3) is 0 Å². The van der Waals surface area contributed by atoms with E-state index in [0.29, 0.717) is 25.9 Å². The molecule has 0 radical (unpaired) electrons. The molecule has 1 aromatic carbocycles. The molecule has 114 valence electrons. The number of carbonyl (C=O) groups is 2. The minimum atomic E-state index is -0.778. The molecule has 5 nitrogen and oxygen atoms in total. The van der Waals surface area contributed by atoms with Crippen molar-refractivity contribution in [1.82, 2.24) is 10.2 Å². The van der Waals surface area contributed by atoms with Gasteiger partial charge in [-0.1, -0.05) is 30.3 Å². The summed E-state index contributed by atoms with van der Waals surface area (Å²) >= 11 is 0. The van der Waals surface area contributed by atoms with Crippen molar-refractivity contribution in [3.63, 3.8) is 0 Å². The van der Waals surface area contributed by atoms with Crippen LogP contribution in [-0.4, -0.2) is 35.1 Å². The van der Waals surface area contributed by atoms with E-state index in [1.807, 2.05) is 37.3 Å². The number of carboxylic acid groups (broad SMARTS) is 1. The van der Waals surface area contributed by atoms with Crippen molar-refractivity contribution in [3.8, 4) is 0 Å². The number of nitrogens with one attached hydrogen (secondary N) is 1. The Balaban J connectivity index is 1.89. The Morgan fingerprint density at radius 3 is 2.33 bits per heavy atom. The van der Waals surface area contributed by atoms with Crippen LogP contribution < -0.4 is 5.32 Å². The van der Waals surface area contributed by atoms with Gasteiger partial charge in [0.15, 0.2) is 0 Å². The summed E-state index contributed by atoms with van der Waals surface area (Å²) in [7, 11) is 0. The van der Waals surface area contributed by atoms with Crippen LogP contribution in [0.5, 0.6) is 0 Å². The fraction of sp³-hybridized carbons (Fsp3) is 0.500. The van der Waals surface area contributed by atoms with Gasteiger partial charge in [-0.05, 0) is 32.3 Å². The molecule has 2 N–H and O–H groups in total. The fourth-order valence-corrected chi connectivity index (χ4v) is 2.52. The van der Waals surface area contributed by atoms with Crippen LogP contribution in [0.1, 0.15) is 38.3 Å². The van der Waals surface area contributed by atoms with E-state index >= 15 is 0 Å². The maximum atomic E-state index is 12.2. The van der Waals surface area contributed by atoms with E-state index in [0.717, 1.165) is 5.56 Å². The first kappa shape index (κ1) is 15.4. The number of piperidine rings is 1. The number of hydrogen-bond acceptors (Lipinski definition) is 2. The molecular formula is C16H22N2O3. The van der Waals surface area contributed by atoms with Crippen LogP contribution in [0, 0.1) is 5.41 Å². The number of carboxylic acids is 1. The molecule has 0 aromatic heterocycles. The van der Waals surface area contributed by atoms with Crippen LogP contribution in [0.25, 0.3) is 0 Å². The van der Waals surface area contributed by atoms with Crippen molar-refractivity contribution < 1.29 is 14.7 Å². The van der Waals surface area contributed by atoms with E-state index in [2.05, 4.69) is 5.32 Å². The van der Waals surface area contributed by atoms with Crippen LogP contribution in [-0.2, 0) is 4.79 Å². The number of carbonyl (C=O) groups excluding carboxylic acids is 1. The van der Waals surface area contributed by atoms with Crippen molar-refractivity contribution >= 4 is 12.0 Å². The molecule has 1 saturated heterocycles. The molecule has 21 heavy (non-hydrogen) atoms. The van der Waals surface area contributed by atoms with Crippen molar-refractivity contribution in [2.24, 2.45) is 5.41 Å². The van der Waals surface area contributed by atoms with Gasteiger partial charge in [0.1, 0.15) is 0 Å². The number of aliphatic carboxylic acids is 1. The lowest BCUT2D eigenvalue weighted by molar-refractivity contribution is -0.150. The molecule has 1 heterocycles. The highest BCUT2D eigenvalue weighted by atomic mass is 16.4. The summed E-state index contributed by atoms with van der Waals surface area (Å²) in [5, 5.41) is 12.2. The molecule has 0 saturated carbocycles. The summed E-state index contributed by atoms with van der Waals surface area (Å²) in [4.78, 5) is 25.1. The number of benzene rings is 1. The first-order valence-electron chi connectivity index (χ1n) is 7.26. The van der Waals surface area contributed by atoms with Crippen molar-refractivity contribution in [2.45, 2.75) is 32.7 Å². The highest BCUT2D eigenvalue weighted by Crippen LogP contribution is 2.31. The number of amides is 2. The van der Waals surface area contributed by atoms with Crippen LogP contribution in [0.3, 0.4) is 0 Å². The Morgan fingerprint density at radius 1 is 1.24 bits per heavy atom. The highest BCUT2D eigenvalue weighted by molar-refractivity contribution is 5.77. The Hall–Kier alpha value is -2.04. The second kappa shape index (κ2) is 6.16. The molecule has 1 unspecified atom stereocenters. The predicted octanol–water partition coefficient (Wildman–Crippen LogP) is 2.64. The minimum Gasteiger partial charge on any atom is -0.481 e. The van der Waals surface area contributed by atoms with Gasteiger partial charge in [-0.25, -0.2) is 4.79 Å². The van der Waals surface area contributed by atoms with Crippen molar-refractivity contribution in [1.29, 1.82) is 0 Å². The number of likely N-dealkylation sites (tertiary alicyclic amines) is 1. The molecule has 2 rings (SSSR count). The molecule has 1 aromatic rings. The maximum Gasteiger partial charge on any atom is 0.317 e. The first-order valence-corrected chi connectivity index (χ1v) is 7.26. The molecule has 1 aliphatic rings. The number of hydrogen-bond donors (Lipinski definition) is 2. The van der Waals surface area contributed by atoms with E-state index < -0.39 is 11.4 Å². The van der Waals surface area contributed by atoms with Gasteiger partial charge in [-0.2, -0.15) is 0 Å². The lowest BCUT2D eigenvalue weighted by Gasteiger charge is -2.36. The van der Waals surface area contributed by atoms with E-state index in [-0.39, 0.29) is 12.1 Å². The summed E-state index contributed by atoms with van der Waals surface area (Å²) in [6.07, 6.45) is 0.991. The molecule has 5 heteroatoms. The summed E-state index contributed by atoms with van der Waals surface area (Å²) in [6.45, 7) is 4.65. The van der Waals surface area contributed by atoms with E-state index in [9.17, 15) is 14.7 Å². The van der Waals surface area contributed by atoms with Crippen LogP contribution in [0.2, 0.25) is 0 Å². The average molecular weight is 290 g/mol. The molecular weight excluding hydrogens is 268 g/mol. The Kier molecular flexibility index (Phi) is 4.50. The standard InChI is InChI=1S/C16H22N2O3/c1-12(13-6-4-3-5-7-13)17-15(21)18-10-8-16(2,9-11-18)14(19)20/h3-7,12H,8-11H2,1-2H3,(H,17,21)(H,19,20). The predicted molar refractivity (Wildman–Crippen MR) is 79.9 cm³/mol. The van der Waals surface area contributed by atoms with Gasteiger partial charge in [0, 0.05) is 13.1 Å². The zero-order valence-corrected chi connectivity index (χ0v) is 12.5. The maximum absolute atomic E-state index is 12.2. The summed E-state index contributed by atoms with van der Waals surface area (Å²) in [5.41, 5.74) is 0.347. The average Bonchev–Trinajstić information content (AvgIpc) is 2.48. The zero-order valence-electron chi connectivity index (χ0n) is 12.5. The largest absolute Gasteiger partial charge is 0.481 e. The molecule has 1 aliphatic heterocycles. The Morgan fingerprint density at radius 2 is 1.81 bits per heavy atom. The third kappa shape index (κ3) is 3.54. The number of nitrogens with zero attached hydrogens (tertiary/aromatic N) is 1. The first-order chi connectivity index (χ1) is 9.92. The molecule has 1 fully saturated rings. The lowest BCUT2D eigenvalue weighted by atomic mass is 9.80. The lowest BCUT2D eigenvalue weighted by Crippen LogP contribution is -2.49. The Labute approximate surface area is 125 Å². The van der Waals surface area contributed by atoms with Crippen molar-refractivity contribution in [2.75, 3.05) is 13.1 Å². The van der Waals surface area contributed by atoms with Gasteiger partial charge >= 0.3 is 12.0 Å². The third-order valence-corrected chi connectivity index (χ3v) is 4.31. The fourth-order valence-electron chi connectivity index (χ4n) is 2.52. The summed E-state index contributed by atoms with van der Waals surface area (Å²) < 4.78 is 0. The molecule has 0 spiro atoms. The number of rotatable bonds is 3. The van der Waals surface area contributed by atoms with Crippen LogP contribution >= 0.6 is 0 Å². The van der Waals surface area contributed by atoms with Crippen LogP contribution in [0.15, 0.2) is 30.3 Å². The van der Waals surface area contributed by atoms with E-state index in [1.54, 1.807) is 11.8 Å². The van der Waals surface area contributed by atoms with Gasteiger partial charge in [0.05, 0.1) is 11.5 Å². The molecule has 1 atom stereocenters. The zero-order chi connectivity index (χ0) is 15.5. The molecule has 0 bridgehead atoms. The summed E-state index contributed by atoms with van der Waals surface area (Å²) in [5.74, 6) is -0.778. The van der Waals surface area contributed by atoms with E-state index in [1.165, 1.54) is 0 Å². The molecule has 2 amide bonds. The van der Waals surface area contributed by atoms with Gasteiger partial charge in [-0.15, -0.1) is 0 Å². The van der Waals surface area contributed by atoms with Gasteiger partial charge in [-0.3, -0.25) is 4.79 Å². The highest BCUT2D eigenvalue weighted by Gasteiger charge is 2.38. The van der Waals surface area contributed by atoms with Crippen LogP contribution in [0.4, 0.5) is 4.79 Å². The SMILES string of the molecule is CC(NC(=O)N1CCC(C)(C(=O)O)CC1)c1ccccc1. The monoisotopic (exact) mass is 290 g/mol. The third-order valence-electron chi connectivity index (χ3n) is 4.31. The quantitative estimate of drug-likeness (QED) is 0.899. The Bertz CT molecular complexity index is 508. The van der Waals surface area contributed by atoms with E-state index in [4.69, 9.17) is 0 Å². The number of urea groups is 1.